The molecule has 6 heterocycles. The lowest BCUT2D eigenvalue weighted by Gasteiger charge is -2.40. The van der Waals surface area contributed by atoms with Gasteiger partial charge in [-0.15, -0.1) is 21.5 Å². The number of para-hydroxylation sites is 1. The van der Waals surface area contributed by atoms with Crippen LogP contribution in [0.3, 0.4) is 0 Å². The number of nitrogens with zero attached hydrogens (tertiary/aromatic N) is 6. The van der Waals surface area contributed by atoms with Crippen LogP contribution in [0.2, 0.25) is 0 Å². The Bertz CT molecular complexity index is 2800. The fourth-order valence-corrected chi connectivity index (χ4v) is 10.6. The van der Waals surface area contributed by atoms with E-state index < -0.39 is 17.5 Å². The molecule has 2 fully saturated rings. The number of phenols is 1. The van der Waals surface area contributed by atoms with Crippen molar-refractivity contribution >= 4 is 39.8 Å². The van der Waals surface area contributed by atoms with Gasteiger partial charge in [0.05, 0.1) is 11.3 Å². The topological polar surface area (TPSA) is 105 Å². The van der Waals surface area contributed by atoms with Crippen LogP contribution in [-0.2, 0) is 4.79 Å². The highest BCUT2D eigenvalue weighted by Crippen LogP contribution is 2.43. The number of carbonyl (C=O) groups excluding carboxylic acids is 1. The van der Waals surface area contributed by atoms with Gasteiger partial charge in [-0.3, -0.25) is 14.4 Å². The van der Waals surface area contributed by atoms with Gasteiger partial charge in [0.25, 0.3) is 5.91 Å². The van der Waals surface area contributed by atoms with Gasteiger partial charge in [-0.25, -0.2) is 13.2 Å². The van der Waals surface area contributed by atoms with Crippen LogP contribution in [0.4, 0.5) is 18.9 Å². The minimum absolute atomic E-state index is 0.0247. The number of hydrogen-bond acceptors (Lipinski definition) is 9. The van der Waals surface area contributed by atoms with E-state index in [0.717, 1.165) is 79.1 Å². The fourth-order valence-electron chi connectivity index (χ4n) is 9.42. The van der Waals surface area contributed by atoms with Gasteiger partial charge in [-0.1, -0.05) is 30.3 Å². The Balaban J connectivity index is 0.000000207. The summed E-state index contributed by atoms with van der Waals surface area (Å²) < 4.78 is 54.2. The number of hydrogen-bond donors (Lipinski definition) is 1. The summed E-state index contributed by atoms with van der Waals surface area (Å²) in [5.74, 6) is 0.225. The molecule has 14 heteroatoms. The van der Waals surface area contributed by atoms with Crippen molar-refractivity contribution in [2.45, 2.75) is 59.9 Å². The van der Waals surface area contributed by atoms with Crippen molar-refractivity contribution in [1.82, 2.24) is 19.7 Å². The zero-order valence-corrected chi connectivity index (χ0v) is 37.2. The Morgan fingerprint density at radius 2 is 1.66 bits per heavy atom. The molecule has 2 aromatic heterocycles. The molecule has 4 aromatic carbocycles. The molecular formula is C50H49F3N6O4S. The molecule has 6 aromatic rings. The van der Waals surface area contributed by atoms with Crippen molar-refractivity contribution in [3.8, 4) is 22.2 Å². The molecule has 0 saturated carbocycles. The Morgan fingerprint density at radius 3 is 2.41 bits per heavy atom. The van der Waals surface area contributed by atoms with Gasteiger partial charge in [0, 0.05) is 76.6 Å². The number of aliphatic imine (C=N–C) groups is 1. The summed E-state index contributed by atoms with van der Waals surface area (Å²) in [6.07, 6.45) is 3.29. The van der Waals surface area contributed by atoms with Crippen LogP contribution in [0.5, 0.6) is 17.2 Å². The first-order chi connectivity index (χ1) is 30.8. The highest BCUT2D eigenvalue weighted by molar-refractivity contribution is 7.15. The van der Waals surface area contributed by atoms with Crippen molar-refractivity contribution in [3.05, 3.63) is 147 Å². The average Bonchev–Trinajstić information content (AvgIpc) is 3.94. The normalized spacial score (nSPS) is 18.9. The summed E-state index contributed by atoms with van der Waals surface area (Å²) in [5, 5.41) is 19.5. The standard InChI is InChI=1S/C34H38N6O2S.C16H11F3O2/c1-22-24(3)43-33-30(22)31(35-23(2)32-37-36-25(4)40(32)33)26-11-13-27(14-12-26)38-18-16-34(20-38)15-8-17-39(21-34)29(41)19-42-28-9-6-5-7-10-28;1-8-11-6-10(20)2-3-15(11)21-7-12(8)16-13(18)4-9(17)5-14(16)19/h5-7,9-14,23H,8,15-21H2,1-4H3;2-6,20H,7H2,1H3/t23-,34?;/m0./s1. The summed E-state index contributed by atoms with van der Waals surface area (Å²) in [4.78, 5) is 24.1. The number of thiophene rings is 1. The molecule has 0 radical (unpaired) electrons. The van der Waals surface area contributed by atoms with Crippen molar-refractivity contribution in [2.24, 2.45) is 10.4 Å². The second kappa shape index (κ2) is 17.3. The Hall–Kier alpha value is -6.41. The molecular weight excluding hydrogens is 838 g/mol. The molecule has 0 bridgehead atoms. The van der Waals surface area contributed by atoms with E-state index in [-0.39, 0.29) is 41.9 Å². The first kappa shape index (κ1) is 42.9. The smallest absolute Gasteiger partial charge is 0.260 e. The minimum atomic E-state index is -0.978. The zero-order valence-electron chi connectivity index (χ0n) is 36.4. The number of aromatic nitrogens is 3. The second-order valence-electron chi connectivity index (χ2n) is 17.1. The molecule has 0 aliphatic carbocycles. The number of ether oxygens (including phenoxy) is 2. The molecule has 1 unspecified atom stereocenters. The number of likely N-dealkylation sites (tertiary alicyclic amines) is 1. The van der Waals surface area contributed by atoms with Crippen LogP contribution in [0, 0.1) is 43.6 Å². The molecule has 2 saturated heterocycles. The predicted octanol–water partition coefficient (Wildman–Crippen LogP) is 10.2. The van der Waals surface area contributed by atoms with Gasteiger partial charge >= 0.3 is 0 Å². The van der Waals surface area contributed by atoms with Crippen LogP contribution in [0.25, 0.3) is 16.1 Å². The number of piperidine rings is 1. The van der Waals surface area contributed by atoms with Gasteiger partial charge in [0.2, 0.25) is 0 Å². The average molecular weight is 887 g/mol. The third-order valence-electron chi connectivity index (χ3n) is 12.9. The third kappa shape index (κ3) is 8.15. The molecule has 4 aliphatic rings. The first-order valence-corrected chi connectivity index (χ1v) is 22.3. The van der Waals surface area contributed by atoms with E-state index in [4.69, 9.17) is 14.5 Å². The number of fused-ring (bicyclic) bond motifs is 4. The van der Waals surface area contributed by atoms with Gasteiger partial charge in [-0.05, 0) is 107 Å². The third-order valence-corrected chi connectivity index (χ3v) is 14.1. The molecule has 64 heavy (non-hydrogen) atoms. The summed E-state index contributed by atoms with van der Waals surface area (Å²) in [6, 6.07) is 24.2. The zero-order chi connectivity index (χ0) is 44.9. The van der Waals surface area contributed by atoms with Crippen molar-refractivity contribution < 1.29 is 32.5 Å². The van der Waals surface area contributed by atoms with Gasteiger partial charge < -0.3 is 24.4 Å². The Kier molecular flexibility index (Phi) is 11.6. The van der Waals surface area contributed by atoms with Crippen molar-refractivity contribution in [2.75, 3.05) is 44.3 Å². The molecule has 4 aliphatic heterocycles. The number of rotatable bonds is 6. The molecule has 1 spiro atoms. The monoisotopic (exact) mass is 886 g/mol. The maximum absolute atomic E-state index is 13.9. The number of aromatic hydroxyl groups is 1. The van der Waals surface area contributed by atoms with Gasteiger partial charge in [-0.2, -0.15) is 0 Å². The Labute approximate surface area is 374 Å². The maximum Gasteiger partial charge on any atom is 0.260 e. The van der Waals surface area contributed by atoms with E-state index in [9.17, 15) is 23.1 Å². The van der Waals surface area contributed by atoms with E-state index in [1.165, 1.54) is 33.8 Å². The molecule has 10 rings (SSSR count). The van der Waals surface area contributed by atoms with Gasteiger partial charge in [0.1, 0.15) is 58.2 Å². The quantitative estimate of drug-likeness (QED) is 0.178. The number of amides is 1. The highest BCUT2D eigenvalue weighted by atomic mass is 32.1. The van der Waals surface area contributed by atoms with Crippen LogP contribution in [0.15, 0.2) is 89.9 Å². The molecule has 10 nitrogen and oxygen atoms in total. The highest BCUT2D eigenvalue weighted by Gasteiger charge is 2.43. The number of allylic oxidation sites excluding steroid dienone is 1. The van der Waals surface area contributed by atoms with Crippen LogP contribution < -0.4 is 14.4 Å². The largest absolute Gasteiger partial charge is 0.508 e. The Morgan fingerprint density at radius 1 is 0.906 bits per heavy atom. The van der Waals surface area contributed by atoms with Crippen molar-refractivity contribution in [1.29, 1.82) is 0 Å². The number of anilines is 1. The van der Waals surface area contributed by atoms with E-state index in [1.54, 1.807) is 24.3 Å². The molecule has 1 amide bonds. The SMILES string of the molecule is CC1=C(c2c(F)cc(F)cc2F)COc2ccc(O)cc21.Cc1sc2c(c1C)C(c1ccc(N3CCC4(CCCN(C(=O)COc5ccccc5)C4)C3)cc1)=N[C@@H](C)c1nnc(C)n1-2. The number of benzene rings is 4. The summed E-state index contributed by atoms with van der Waals surface area (Å²) in [6.45, 7) is 13.8. The number of halogens is 3. The summed E-state index contributed by atoms with van der Waals surface area (Å²) in [7, 11) is 0. The van der Waals surface area contributed by atoms with E-state index in [2.05, 4.69) is 64.7 Å². The van der Waals surface area contributed by atoms with Crippen LogP contribution >= 0.6 is 11.3 Å². The van der Waals surface area contributed by atoms with Crippen molar-refractivity contribution in [3.63, 3.8) is 0 Å². The lowest BCUT2D eigenvalue weighted by molar-refractivity contribution is -0.136. The second-order valence-corrected chi connectivity index (χ2v) is 18.3. The van der Waals surface area contributed by atoms with Crippen LogP contribution in [0.1, 0.15) is 83.5 Å². The van der Waals surface area contributed by atoms with Gasteiger partial charge in [0.15, 0.2) is 12.4 Å². The first-order valence-electron chi connectivity index (χ1n) is 21.5. The van der Waals surface area contributed by atoms with E-state index >= 15 is 0 Å². The number of phenolic OH excluding ortho intramolecular Hbond substituents is 1. The lowest BCUT2D eigenvalue weighted by Crippen LogP contribution is -2.48. The summed E-state index contributed by atoms with van der Waals surface area (Å²) >= 11 is 1.79. The fraction of sp³-hybridized carbons (Fsp3) is 0.320. The summed E-state index contributed by atoms with van der Waals surface area (Å²) in [5.41, 5.74) is 7.09. The minimum Gasteiger partial charge on any atom is -0.508 e. The lowest BCUT2D eigenvalue weighted by atomic mass is 9.79. The molecule has 2 atom stereocenters. The maximum atomic E-state index is 13.9. The molecule has 330 valence electrons. The predicted molar refractivity (Wildman–Crippen MR) is 243 cm³/mol. The number of aryl methyl sites for hydroxylation is 2. The van der Waals surface area contributed by atoms with Crippen LogP contribution in [-0.4, -0.2) is 75.8 Å². The number of carbonyl (C=O) groups is 1. The molecule has 1 N–H and O–H groups in total. The van der Waals surface area contributed by atoms with E-state index in [1.807, 2.05) is 42.2 Å². The van der Waals surface area contributed by atoms with E-state index in [0.29, 0.717) is 34.6 Å².